The Morgan fingerprint density at radius 2 is 1.67 bits per heavy atom. The zero-order valence-corrected chi connectivity index (χ0v) is 20.7. The van der Waals surface area contributed by atoms with Gasteiger partial charge in [0.15, 0.2) is 0 Å². The summed E-state index contributed by atoms with van der Waals surface area (Å²) in [6, 6.07) is -4.42. The van der Waals surface area contributed by atoms with Crippen LogP contribution in [0.2, 0.25) is 0 Å². The molecule has 0 aromatic carbocycles. The van der Waals surface area contributed by atoms with Crippen LogP contribution in [0.3, 0.4) is 0 Å². The highest BCUT2D eigenvalue weighted by molar-refractivity contribution is 5.94. The van der Waals surface area contributed by atoms with Crippen molar-refractivity contribution >= 4 is 29.6 Å². The van der Waals surface area contributed by atoms with Crippen molar-refractivity contribution in [2.75, 3.05) is 6.54 Å². The van der Waals surface area contributed by atoms with E-state index < -0.39 is 53.8 Å². The Balaban J connectivity index is 2.98. The lowest BCUT2D eigenvalue weighted by atomic mass is 10.0. The molecule has 202 valence electrons. The van der Waals surface area contributed by atoms with E-state index in [9.17, 15) is 29.1 Å². The number of unbranched alkanes of at least 4 members (excludes halogenated alkanes) is 1. The number of nitrogens with one attached hydrogen (secondary N) is 4. The SMILES string of the molecule is CC(C)C(NC(=O)C(N)CCCCN)C(=O)NC(Cc1cnc[nH]1)C(=O)NC(CCC(N)=O)C(=O)O. The molecule has 0 saturated carbocycles. The number of carboxylic acid groups (broad SMARTS) is 1. The molecule has 14 heteroatoms. The zero-order chi connectivity index (χ0) is 27.3. The largest absolute Gasteiger partial charge is 0.480 e. The first-order valence-corrected chi connectivity index (χ1v) is 11.8. The molecular formula is C22H38N8O6. The molecule has 0 aliphatic rings. The number of aliphatic carboxylic acids is 1. The van der Waals surface area contributed by atoms with Gasteiger partial charge in [-0.15, -0.1) is 0 Å². The summed E-state index contributed by atoms with van der Waals surface area (Å²) in [6.45, 7) is 3.92. The van der Waals surface area contributed by atoms with E-state index in [1.807, 2.05) is 0 Å². The fourth-order valence-electron chi connectivity index (χ4n) is 3.34. The standard InChI is InChI=1S/C22H38N8O6/c1-12(2)18(30-19(32)14(24)5-3-4-8-23)21(34)29-16(9-13-10-26-11-27-13)20(33)28-15(22(35)36)6-7-17(25)31/h10-12,14-16,18H,3-9,23-24H2,1-2H3,(H2,25,31)(H,26,27)(H,28,33)(H,29,34)(H,30,32)(H,35,36). The molecule has 4 unspecified atom stereocenters. The van der Waals surface area contributed by atoms with Gasteiger partial charge < -0.3 is 43.2 Å². The van der Waals surface area contributed by atoms with E-state index in [1.165, 1.54) is 12.5 Å². The van der Waals surface area contributed by atoms with Crippen molar-refractivity contribution < 1.29 is 29.1 Å². The number of carboxylic acids is 1. The quantitative estimate of drug-likeness (QED) is 0.106. The van der Waals surface area contributed by atoms with Crippen molar-refractivity contribution in [1.82, 2.24) is 25.9 Å². The maximum absolute atomic E-state index is 13.1. The van der Waals surface area contributed by atoms with Crippen LogP contribution in [0.5, 0.6) is 0 Å². The number of nitrogens with two attached hydrogens (primary N) is 3. The molecule has 0 fully saturated rings. The van der Waals surface area contributed by atoms with E-state index in [-0.39, 0.29) is 25.2 Å². The Morgan fingerprint density at radius 3 is 2.19 bits per heavy atom. The van der Waals surface area contributed by atoms with Crippen molar-refractivity contribution in [2.24, 2.45) is 23.1 Å². The van der Waals surface area contributed by atoms with Crippen molar-refractivity contribution in [3.63, 3.8) is 0 Å². The second kappa shape index (κ2) is 15.5. The molecular weight excluding hydrogens is 472 g/mol. The van der Waals surface area contributed by atoms with Crippen molar-refractivity contribution in [2.45, 2.75) is 76.5 Å². The lowest BCUT2D eigenvalue weighted by molar-refractivity contribution is -0.142. The predicted octanol–water partition coefficient (Wildman–Crippen LogP) is -2.13. The summed E-state index contributed by atoms with van der Waals surface area (Å²) in [6.07, 6.45) is 4.14. The number of rotatable bonds is 17. The fourth-order valence-corrected chi connectivity index (χ4v) is 3.34. The van der Waals surface area contributed by atoms with Crippen molar-refractivity contribution in [1.29, 1.82) is 0 Å². The summed E-state index contributed by atoms with van der Waals surface area (Å²) in [5, 5.41) is 17.0. The number of H-pyrrole nitrogens is 1. The van der Waals surface area contributed by atoms with Crippen LogP contribution < -0.4 is 33.2 Å². The second-order valence-electron chi connectivity index (χ2n) is 8.87. The first kappa shape index (κ1) is 30.5. The Labute approximate surface area is 209 Å². The van der Waals surface area contributed by atoms with Gasteiger partial charge in [0, 0.05) is 24.7 Å². The molecule has 4 amide bonds. The Kier molecular flexibility index (Phi) is 13.1. The topological polar surface area (TPSA) is 248 Å². The van der Waals surface area contributed by atoms with Gasteiger partial charge in [-0.25, -0.2) is 9.78 Å². The number of aromatic amines is 1. The van der Waals surface area contributed by atoms with Gasteiger partial charge in [0.2, 0.25) is 23.6 Å². The molecule has 11 N–H and O–H groups in total. The van der Waals surface area contributed by atoms with Gasteiger partial charge in [-0.3, -0.25) is 19.2 Å². The third-order valence-electron chi connectivity index (χ3n) is 5.46. The van der Waals surface area contributed by atoms with Crippen LogP contribution in [-0.4, -0.2) is 75.4 Å². The number of carbonyl (C=O) groups is 5. The second-order valence-corrected chi connectivity index (χ2v) is 8.87. The van der Waals surface area contributed by atoms with Crippen LogP contribution in [0.25, 0.3) is 0 Å². The minimum atomic E-state index is -1.39. The molecule has 0 aliphatic heterocycles. The summed E-state index contributed by atoms with van der Waals surface area (Å²) in [7, 11) is 0. The highest BCUT2D eigenvalue weighted by atomic mass is 16.4. The molecule has 0 aliphatic carbocycles. The number of primary amides is 1. The molecule has 0 spiro atoms. The van der Waals surface area contributed by atoms with Gasteiger partial charge in [0.25, 0.3) is 0 Å². The summed E-state index contributed by atoms with van der Waals surface area (Å²) < 4.78 is 0. The number of hydrogen-bond acceptors (Lipinski definition) is 8. The van der Waals surface area contributed by atoms with Crippen LogP contribution >= 0.6 is 0 Å². The van der Waals surface area contributed by atoms with Crippen LogP contribution in [0.4, 0.5) is 0 Å². The monoisotopic (exact) mass is 510 g/mol. The third kappa shape index (κ3) is 10.8. The number of nitrogens with zero attached hydrogens (tertiary/aromatic N) is 1. The lowest BCUT2D eigenvalue weighted by Gasteiger charge is -2.27. The van der Waals surface area contributed by atoms with Gasteiger partial charge in [-0.1, -0.05) is 20.3 Å². The Bertz CT molecular complexity index is 876. The molecule has 0 saturated heterocycles. The first-order valence-electron chi connectivity index (χ1n) is 11.8. The summed E-state index contributed by atoms with van der Waals surface area (Å²) in [5.74, 6) is -4.35. The van der Waals surface area contributed by atoms with E-state index >= 15 is 0 Å². The Morgan fingerprint density at radius 1 is 1.00 bits per heavy atom. The number of amides is 4. The highest BCUT2D eigenvalue weighted by Gasteiger charge is 2.32. The van der Waals surface area contributed by atoms with Gasteiger partial charge >= 0.3 is 5.97 Å². The molecule has 1 aromatic heterocycles. The lowest BCUT2D eigenvalue weighted by Crippen LogP contribution is -2.59. The fraction of sp³-hybridized carbons (Fsp3) is 0.636. The third-order valence-corrected chi connectivity index (χ3v) is 5.46. The van der Waals surface area contributed by atoms with Gasteiger partial charge in [0.05, 0.1) is 12.4 Å². The zero-order valence-electron chi connectivity index (χ0n) is 20.7. The molecule has 0 radical (unpaired) electrons. The number of hydrogen-bond donors (Lipinski definition) is 8. The minimum absolute atomic E-state index is 0.0307. The summed E-state index contributed by atoms with van der Waals surface area (Å²) in [5.41, 5.74) is 17.0. The van der Waals surface area contributed by atoms with Crippen LogP contribution in [-0.2, 0) is 30.4 Å². The van der Waals surface area contributed by atoms with Crippen molar-refractivity contribution in [3.05, 3.63) is 18.2 Å². The Hall–Kier alpha value is -3.52. The highest BCUT2D eigenvalue weighted by Crippen LogP contribution is 2.08. The summed E-state index contributed by atoms with van der Waals surface area (Å²) in [4.78, 5) is 67.9. The molecule has 1 aromatic rings. The molecule has 0 bridgehead atoms. The summed E-state index contributed by atoms with van der Waals surface area (Å²) >= 11 is 0. The number of aromatic nitrogens is 2. The number of carbonyl (C=O) groups excluding carboxylic acids is 4. The average Bonchev–Trinajstić information content (AvgIpc) is 3.31. The number of imidazole rings is 1. The maximum Gasteiger partial charge on any atom is 0.326 e. The van der Waals surface area contributed by atoms with E-state index in [4.69, 9.17) is 17.2 Å². The smallest absolute Gasteiger partial charge is 0.326 e. The molecule has 14 nitrogen and oxygen atoms in total. The van der Waals surface area contributed by atoms with Gasteiger partial charge in [-0.2, -0.15) is 0 Å². The van der Waals surface area contributed by atoms with E-state index in [0.717, 1.165) is 6.42 Å². The van der Waals surface area contributed by atoms with Gasteiger partial charge in [0.1, 0.15) is 18.1 Å². The predicted molar refractivity (Wildman–Crippen MR) is 130 cm³/mol. The molecule has 4 atom stereocenters. The van der Waals surface area contributed by atoms with Crippen molar-refractivity contribution in [3.8, 4) is 0 Å². The van der Waals surface area contributed by atoms with Crippen LogP contribution in [0.15, 0.2) is 12.5 Å². The molecule has 1 rings (SSSR count). The first-order chi connectivity index (χ1) is 17.0. The molecule has 36 heavy (non-hydrogen) atoms. The normalized spacial score (nSPS) is 14.4. The van der Waals surface area contributed by atoms with Gasteiger partial charge in [-0.05, 0) is 31.7 Å². The minimum Gasteiger partial charge on any atom is -0.480 e. The average molecular weight is 511 g/mol. The maximum atomic E-state index is 13.1. The van der Waals surface area contributed by atoms with Crippen LogP contribution in [0.1, 0.15) is 51.6 Å². The van der Waals surface area contributed by atoms with E-state index in [0.29, 0.717) is 25.1 Å². The van der Waals surface area contributed by atoms with Crippen LogP contribution in [0, 0.1) is 5.92 Å². The van der Waals surface area contributed by atoms with E-state index in [1.54, 1.807) is 13.8 Å². The van der Waals surface area contributed by atoms with E-state index in [2.05, 4.69) is 25.9 Å². The molecule has 1 heterocycles.